The van der Waals surface area contributed by atoms with E-state index >= 15 is 0 Å². The minimum atomic E-state index is -1.97. The summed E-state index contributed by atoms with van der Waals surface area (Å²) in [6.07, 6.45) is -0.900. The van der Waals surface area contributed by atoms with Crippen LogP contribution in [0.4, 0.5) is 0 Å². The van der Waals surface area contributed by atoms with Crippen LogP contribution in [0, 0.1) is 0 Å². The summed E-state index contributed by atoms with van der Waals surface area (Å²) in [5.41, 5.74) is -1.97. The fraction of sp³-hybridized carbons (Fsp3) is 0.500. The molecule has 0 saturated heterocycles. The molecule has 13 heavy (non-hydrogen) atoms. The van der Waals surface area contributed by atoms with E-state index in [1.54, 1.807) is 0 Å². The van der Waals surface area contributed by atoms with Gasteiger partial charge in [0.15, 0.2) is 0 Å². The highest BCUT2D eigenvalue weighted by atomic mass is 79.9. The molecule has 74 valence electrons. The van der Waals surface area contributed by atoms with Gasteiger partial charge in [0.05, 0.1) is 12.8 Å². The molecule has 0 unspecified atom stereocenters. The fourth-order valence-corrected chi connectivity index (χ4v) is 1.87. The number of carbonyl (C=O) groups excluding carboxylic acids is 3. The highest BCUT2D eigenvalue weighted by Crippen LogP contribution is 2.23. The molecule has 0 aliphatic carbocycles. The first-order chi connectivity index (χ1) is 5.78. The summed E-state index contributed by atoms with van der Waals surface area (Å²) >= 11 is 7.66. The molecule has 0 bridgehead atoms. The van der Waals surface area contributed by atoms with Crippen molar-refractivity contribution < 1.29 is 19.5 Å². The summed E-state index contributed by atoms with van der Waals surface area (Å²) in [5.74, 6) is 0. The van der Waals surface area contributed by atoms with Gasteiger partial charge < -0.3 is 5.11 Å². The molecule has 0 rings (SSSR count). The maximum atomic E-state index is 10.9. The summed E-state index contributed by atoms with van der Waals surface area (Å²) in [7, 11) is 0. The van der Waals surface area contributed by atoms with Gasteiger partial charge in [0.2, 0.25) is 14.1 Å². The molecule has 0 atom stereocenters. The van der Waals surface area contributed by atoms with Gasteiger partial charge in [-0.3, -0.25) is 14.4 Å². The Morgan fingerprint density at radius 2 is 1.31 bits per heavy atom. The van der Waals surface area contributed by atoms with Gasteiger partial charge in [0.1, 0.15) is 5.60 Å². The van der Waals surface area contributed by atoms with Crippen molar-refractivity contribution in [2.24, 2.45) is 0 Å². The molecule has 0 aliphatic rings. The Bertz CT molecular complexity index is 234. The van der Waals surface area contributed by atoms with E-state index in [1.165, 1.54) is 0 Å². The van der Waals surface area contributed by atoms with Crippen LogP contribution >= 0.6 is 47.8 Å². The van der Waals surface area contributed by atoms with Crippen molar-refractivity contribution in [1.29, 1.82) is 0 Å². The second kappa shape index (κ2) is 5.33. The molecule has 0 aliphatic heterocycles. The van der Waals surface area contributed by atoms with Crippen LogP contribution in [0.5, 0.6) is 0 Å². The summed E-state index contributed by atoms with van der Waals surface area (Å²) in [6, 6.07) is 0. The number of aliphatic hydroxyl groups is 1. The SMILES string of the molecule is O=C(Br)CC(O)(CC(=O)Br)C(=O)Br. The number of hydrogen-bond donors (Lipinski definition) is 1. The number of hydrogen-bond acceptors (Lipinski definition) is 4. The minimum Gasteiger partial charge on any atom is -0.380 e. The van der Waals surface area contributed by atoms with E-state index < -0.39 is 32.5 Å². The molecule has 1 N–H and O–H groups in total. The second-order valence-electron chi connectivity index (χ2n) is 2.37. The van der Waals surface area contributed by atoms with Crippen LogP contribution in [-0.4, -0.2) is 24.8 Å². The maximum Gasteiger partial charge on any atom is 0.230 e. The predicted molar refractivity (Wildman–Crippen MR) is 56.0 cm³/mol. The number of halogens is 3. The van der Waals surface area contributed by atoms with Crippen molar-refractivity contribution in [3.8, 4) is 0 Å². The first-order valence-corrected chi connectivity index (χ1v) is 5.45. The molecule has 0 aromatic heterocycles. The van der Waals surface area contributed by atoms with E-state index in [9.17, 15) is 19.5 Å². The van der Waals surface area contributed by atoms with Crippen LogP contribution in [0.15, 0.2) is 0 Å². The lowest BCUT2D eigenvalue weighted by molar-refractivity contribution is -0.135. The Labute approximate surface area is 99.4 Å². The van der Waals surface area contributed by atoms with E-state index in [4.69, 9.17) is 0 Å². The molecule has 0 aromatic carbocycles. The smallest absolute Gasteiger partial charge is 0.230 e. The lowest BCUT2D eigenvalue weighted by atomic mass is 9.99. The normalized spacial score (nSPS) is 11.1. The Morgan fingerprint density at radius 1 is 1.00 bits per heavy atom. The molecule has 0 spiro atoms. The predicted octanol–water partition coefficient (Wildman–Crippen LogP) is 1.26. The Morgan fingerprint density at radius 3 is 1.46 bits per heavy atom. The lowest BCUT2D eigenvalue weighted by Gasteiger charge is -2.19. The molecule has 0 heterocycles. The highest BCUT2D eigenvalue weighted by Gasteiger charge is 2.37. The molecule has 0 aromatic rings. The third-order valence-corrected chi connectivity index (χ3v) is 2.53. The Kier molecular flexibility index (Phi) is 5.50. The van der Waals surface area contributed by atoms with Crippen LogP contribution in [0.2, 0.25) is 0 Å². The zero-order chi connectivity index (χ0) is 10.6. The van der Waals surface area contributed by atoms with Gasteiger partial charge in [0.25, 0.3) is 0 Å². The zero-order valence-corrected chi connectivity index (χ0v) is 11.0. The summed E-state index contributed by atoms with van der Waals surface area (Å²) in [6.45, 7) is 0. The van der Waals surface area contributed by atoms with Crippen molar-refractivity contribution in [3.05, 3.63) is 0 Å². The fourth-order valence-electron chi connectivity index (χ4n) is 0.661. The first kappa shape index (κ1) is 13.4. The molecule has 7 heteroatoms. The molecular weight excluding hydrogens is 376 g/mol. The van der Waals surface area contributed by atoms with Gasteiger partial charge in [-0.05, 0) is 47.8 Å². The van der Waals surface area contributed by atoms with Crippen molar-refractivity contribution in [2.45, 2.75) is 18.4 Å². The molecule has 0 saturated carbocycles. The monoisotopic (exact) mass is 378 g/mol. The van der Waals surface area contributed by atoms with E-state index in [0.717, 1.165) is 0 Å². The molecule has 4 nitrogen and oxygen atoms in total. The largest absolute Gasteiger partial charge is 0.380 e. The van der Waals surface area contributed by atoms with Gasteiger partial charge in [-0.2, -0.15) is 0 Å². The van der Waals surface area contributed by atoms with E-state index in [2.05, 4.69) is 47.8 Å². The summed E-state index contributed by atoms with van der Waals surface area (Å²) < 4.78 is -1.88. The average Bonchev–Trinajstić information content (AvgIpc) is 1.82. The minimum absolute atomic E-state index is 0.450. The van der Waals surface area contributed by atoms with Crippen molar-refractivity contribution in [3.63, 3.8) is 0 Å². The molecule has 0 amide bonds. The van der Waals surface area contributed by atoms with E-state index in [0.29, 0.717) is 0 Å². The third kappa shape index (κ3) is 4.99. The summed E-state index contributed by atoms with van der Waals surface area (Å²) in [4.78, 5) is 32.1. The molecular formula is C6H5Br3O4. The Balaban J connectivity index is 4.62. The maximum absolute atomic E-state index is 10.9. The zero-order valence-electron chi connectivity index (χ0n) is 6.22. The Hall–Kier alpha value is 0.410. The van der Waals surface area contributed by atoms with Crippen LogP contribution < -0.4 is 0 Å². The standard InChI is InChI=1S/C6H5Br3O4/c7-3(10)1-6(13,5(9)12)2-4(8)11/h13H,1-2H2. The van der Waals surface area contributed by atoms with Crippen molar-refractivity contribution in [1.82, 2.24) is 0 Å². The van der Waals surface area contributed by atoms with Gasteiger partial charge in [0, 0.05) is 0 Å². The van der Waals surface area contributed by atoms with E-state index in [-0.39, 0.29) is 0 Å². The first-order valence-electron chi connectivity index (χ1n) is 3.07. The van der Waals surface area contributed by atoms with Gasteiger partial charge in [-0.1, -0.05) is 0 Å². The van der Waals surface area contributed by atoms with Crippen LogP contribution in [0.25, 0.3) is 0 Å². The van der Waals surface area contributed by atoms with Gasteiger partial charge in [-0.25, -0.2) is 0 Å². The second-order valence-corrected chi connectivity index (χ2v) is 4.86. The van der Waals surface area contributed by atoms with E-state index in [1.807, 2.05) is 0 Å². The quantitative estimate of drug-likeness (QED) is 0.729. The third-order valence-electron chi connectivity index (χ3n) is 1.23. The van der Waals surface area contributed by atoms with Crippen LogP contribution in [0.3, 0.4) is 0 Å². The van der Waals surface area contributed by atoms with Gasteiger partial charge in [-0.15, -0.1) is 0 Å². The van der Waals surface area contributed by atoms with Crippen LogP contribution in [0.1, 0.15) is 12.8 Å². The topological polar surface area (TPSA) is 71.4 Å². The molecule has 0 fully saturated rings. The lowest BCUT2D eigenvalue weighted by Crippen LogP contribution is -2.38. The molecule has 0 radical (unpaired) electrons. The highest BCUT2D eigenvalue weighted by molar-refractivity contribution is 9.19. The summed E-state index contributed by atoms with van der Waals surface area (Å²) in [5, 5.41) is 9.53. The average molecular weight is 381 g/mol. The van der Waals surface area contributed by atoms with Crippen molar-refractivity contribution in [2.75, 3.05) is 0 Å². The number of carbonyl (C=O) groups is 3. The van der Waals surface area contributed by atoms with Crippen molar-refractivity contribution >= 4 is 61.9 Å². The van der Waals surface area contributed by atoms with Crippen LogP contribution in [-0.2, 0) is 14.4 Å². The number of rotatable bonds is 5. The van der Waals surface area contributed by atoms with Gasteiger partial charge >= 0.3 is 0 Å².